The van der Waals surface area contributed by atoms with Gasteiger partial charge in [0.15, 0.2) is 0 Å². The number of hydrogen-bond donors (Lipinski definition) is 1. The van der Waals surface area contributed by atoms with Crippen molar-refractivity contribution in [3.05, 3.63) is 68.2 Å². The number of aryl methyl sites for hydroxylation is 2. The zero-order valence-corrected chi connectivity index (χ0v) is 14.2. The van der Waals surface area contributed by atoms with E-state index in [-0.39, 0.29) is 23.6 Å². The third-order valence-corrected chi connectivity index (χ3v) is 5.93. The van der Waals surface area contributed by atoms with E-state index < -0.39 is 5.97 Å². The summed E-state index contributed by atoms with van der Waals surface area (Å²) in [5, 5.41) is 10.2. The summed E-state index contributed by atoms with van der Waals surface area (Å²) in [4.78, 5) is 26.0. The second kappa shape index (κ2) is 6.11. The van der Waals surface area contributed by atoms with E-state index in [1.807, 2.05) is 0 Å². The van der Waals surface area contributed by atoms with Crippen LogP contribution in [0.25, 0.3) is 10.1 Å². The highest BCUT2D eigenvalue weighted by Crippen LogP contribution is 2.35. The van der Waals surface area contributed by atoms with Crippen LogP contribution in [0.3, 0.4) is 0 Å². The van der Waals surface area contributed by atoms with Crippen molar-refractivity contribution in [3.63, 3.8) is 0 Å². The summed E-state index contributed by atoms with van der Waals surface area (Å²) in [6.45, 7) is 0.112. The van der Waals surface area contributed by atoms with Crippen LogP contribution in [0, 0.1) is 5.82 Å². The van der Waals surface area contributed by atoms with Gasteiger partial charge in [-0.25, -0.2) is 9.18 Å². The highest BCUT2D eigenvalue weighted by Gasteiger charge is 2.22. The number of aromatic nitrogens is 1. The van der Waals surface area contributed by atoms with Gasteiger partial charge in [-0.3, -0.25) is 9.36 Å². The van der Waals surface area contributed by atoms with Crippen molar-refractivity contribution in [3.8, 4) is 0 Å². The number of fused-ring (bicyclic) bond motifs is 3. The average Bonchev–Trinajstić information content (AvgIpc) is 2.97. The molecule has 4 rings (SSSR count). The second-order valence-electron chi connectivity index (χ2n) is 6.30. The summed E-state index contributed by atoms with van der Waals surface area (Å²) in [6, 6.07) is 7.37. The first-order valence-corrected chi connectivity index (χ1v) is 9.02. The fraction of sp³-hybridized carbons (Fsp3) is 0.263. The lowest BCUT2D eigenvalue weighted by atomic mass is 9.96. The largest absolute Gasteiger partial charge is 0.477 e. The van der Waals surface area contributed by atoms with Crippen LogP contribution in [0.1, 0.15) is 39.3 Å². The maximum Gasteiger partial charge on any atom is 0.352 e. The lowest BCUT2D eigenvalue weighted by molar-refractivity contribution is 0.0684. The lowest BCUT2D eigenvalue weighted by Crippen LogP contribution is -2.27. The Balaban J connectivity index is 1.93. The van der Waals surface area contributed by atoms with Gasteiger partial charge in [0.05, 0.1) is 11.9 Å². The molecule has 1 aromatic carbocycles. The Morgan fingerprint density at radius 1 is 1.20 bits per heavy atom. The standard InChI is InChI=1S/C19H16FNO3S/c20-12-7-5-11(6-8-12)10-21-14(19(23)24)9-16-17(18(21)22)13-3-1-2-4-15(13)25-16/h5-9H,1-4,10H2,(H,23,24). The van der Waals surface area contributed by atoms with E-state index in [1.165, 1.54) is 32.9 Å². The molecule has 25 heavy (non-hydrogen) atoms. The predicted molar refractivity (Wildman–Crippen MR) is 95.2 cm³/mol. The quantitative estimate of drug-likeness (QED) is 0.775. The van der Waals surface area contributed by atoms with Gasteiger partial charge in [-0.15, -0.1) is 11.3 Å². The third kappa shape index (κ3) is 2.76. The van der Waals surface area contributed by atoms with Crippen LogP contribution in [-0.4, -0.2) is 15.6 Å². The molecule has 0 amide bonds. The zero-order chi connectivity index (χ0) is 17.6. The molecule has 128 valence electrons. The first kappa shape index (κ1) is 16.0. The molecule has 2 aromatic heterocycles. The number of rotatable bonds is 3. The van der Waals surface area contributed by atoms with Crippen molar-refractivity contribution < 1.29 is 14.3 Å². The minimum Gasteiger partial charge on any atom is -0.477 e. The minimum atomic E-state index is -1.13. The van der Waals surface area contributed by atoms with Crippen LogP contribution in [0.4, 0.5) is 4.39 Å². The zero-order valence-electron chi connectivity index (χ0n) is 13.4. The smallest absolute Gasteiger partial charge is 0.352 e. The maximum atomic E-state index is 13.1. The Morgan fingerprint density at radius 3 is 2.64 bits per heavy atom. The van der Waals surface area contributed by atoms with E-state index in [0.717, 1.165) is 35.9 Å². The van der Waals surface area contributed by atoms with E-state index in [9.17, 15) is 19.1 Å². The lowest BCUT2D eigenvalue weighted by Gasteiger charge is -2.13. The van der Waals surface area contributed by atoms with Crippen molar-refractivity contribution in [2.24, 2.45) is 0 Å². The molecule has 0 fully saturated rings. The van der Waals surface area contributed by atoms with Gasteiger partial charge in [0.25, 0.3) is 5.56 Å². The van der Waals surface area contributed by atoms with Crippen LogP contribution in [0.5, 0.6) is 0 Å². The Labute approximate surface area is 147 Å². The number of carboxylic acids is 1. The number of hydrogen-bond acceptors (Lipinski definition) is 3. The van der Waals surface area contributed by atoms with Crippen molar-refractivity contribution in [2.45, 2.75) is 32.2 Å². The van der Waals surface area contributed by atoms with Crippen molar-refractivity contribution in [1.29, 1.82) is 0 Å². The van der Waals surface area contributed by atoms with Gasteiger partial charge in [-0.2, -0.15) is 0 Å². The first-order chi connectivity index (χ1) is 12.0. The van der Waals surface area contributed by atoms with E-state index in [0.29, 0.717) is 10.9 Å². The fourth-order valence-electron chi connectivity index (χ4n) is 3.48. The molecule has 0 radical (unpaired) electrons. The fourth-order valence-corrected chi connectivity index (χ4v) is 4.80. The molecule has 1 aliphatic carbocycles. The molecule has 0 unspecified atom stereocenters. The average molecular weight is 357 g/mol. The third-order valence-electron chi connectivity index (χ3n) is 4.69. The molecule has 1 aliphatic rings. The molecule has 1 N–H and O–H groups in total. The molecule has 0 saturated carbocycles. The van der Waals surface area contributed by atoms with Crippen LogP contribution in [0.15, 0.2) is 35.1 Å². The van der Waals surface area contributed by atoms with Crippen LogP contribution in [0.2, 0.25) is 0 Å². The van der Waals surface area contributed by atoms with Crippen molar-refractivity contribution >= 4 is 27.4 Å². The minimum absolute atomic E-state index is 0.0274. The number of carbonyl (C=O) groups is 1. The van der Waals surface area contributed by atoms with E-state index in [4.69, 9.17) is 0 Å². The molecule has 4 nitrogen and oxygen atoms in total. The van der Waals surface area contributed by atoms with Gasteiger partial charge in [0, 0.05) is 9.58 Å². The molecule has 0 bridgehead atoms. The summed E-state index contributed by atoms with van der Waals surface area (Å²) in [6.07, 6.45) is 3.98. The Morgan fingerprint density at radius 2 is 1.92 bits per heavy atom. The number of aromatic carboxylic acids is 1. The molecule has 0 spiro atoms. The number of halogens is 1. The summed E-state index contributed by atoms with van der Waals surface area (Å²) in [5.41, 5.74) is 1.48. The summed E-state index contributed by atoms with van der Waals surface area (Å²) in [5.74, 6) is -1.50. The molecule has 2 heterocycles. The molecule has 3 aromatic rings. The van der Waals surface area contributed by atoms with Crippen LogP contribution in [-0.2, 0) is 19.4 Å². The summed E-state index contributed by atoms with van der Waals surface area (Å²) < 4.78 is 15.2. The van der Waals surface area contributed by atoms with Crippen molar-refractivity contribution in [1.82, 2.24) is 4.57 Å². The normalized spacial score (nSPS) is 13.8. The predicted octanol–water partition coefficient (Wildman–Crippen LogP) is 3.83. The van der Waals surface area contributed by atoms with E-state index in [2.05, 4.69) is 0 Å². The summed E-state index contributed by atoms with van der Waals surface area (Å²) >= 11 is 1.54. The number of nitrogens with zero attached hydrogens (tertiary/aromatic N) is 1. The molecule has 0 saturated heterocycles. The molecule has 0 aliphatic heterocycles. The van der Waals surface area contributed by atoms with Gasteiger partial charge in [0.2, 0.25) is 0 Å². The van der Waals surface area contributed by atoms with Crippen LogP contribution < -0.4 is 5.56 Å². The highest BCUT2D eigenvalue weighted by molar-refractivity contribution is 7.19. The number of pyridine rings is 1. The SMILES string of the molecule is O=C(O)c1cc2sc3c(c2c(=O)n1Cc1ccc(F)cc1)CCCC3. The number of thiophene rings is 1. The molecular weight excluding hydrogens is 341 g/mol. The first-order valence-electron chi connectivity index (χ1n) is 8.20. The van der Waals surface area contributed by atoms with Crippen molar-refractivity contribution in [2.75, 3.05) is 0 Å². The Hall–Kier alpha value is -2.47. The van der Waals surface area contributed by atoms with E-state index >= 15 is 0 Å². The second-order valence-corrected chi connectivity index (χ2v) is 7.44. The van der Waals surface area contributed by atoms with E-state index in [1.54, 1.807) is 18.2 Å². The van der Waals surface area contributed by atoms with Gasteiger partial charge in [0.1, 0.15) is 11.5 Å². The maximum absolute atomic E-state index is 13.1. The number of carboxylic acid groups (broad SMARTS) is 1. The Bertz CT molecular complexity index is 1030. The summed E-state index contributed by atoms with van der Waals surface area (Å²) in [7, 11) is 0. The molecule has 0 atom stereocenters. The topological polar surface area (TPSA) is 59.3 Å². The van der Waals surface area contributed by atoms with Gasteiger partial charge in [-0.05, 0) is 55.0 Å². The van der Waals surface area contributed by atoms with Gasteiger partial charge in [-0.1, -0.05) is 12.1 Å². The van der Waals surface area contributed by atoms with Crippen LogP contribution >= 0.6 is 11.3 Å². The highest BCUT2D eigenvalue weighted by atomic mass is 32.1. The molecule has 6 heteroatoms. The molecular formula is C19H16FNO3S. The number of benzene rings is 1. The van der Waals surface area contributed by atoms with Gasteiger partial charge >= 0.3 is 5.97 Å². The monoisotopic (exact) mass is 357 g/mol. The van der Waals surface area contributed by atoms with Gasteiger partial charge < -0.3 is 5.11 Å². The Kier molecular flexibility index (Phi) is 3.92.